The fourth-order valence-electron chi connectivity index (χ4n) is 3.65. The Kier molecular flexibility index (Phi) is 11.0. The van der Waals surface area contributed by atoms with E-state index in [-0.39, 0.29) is 6.54 Å². The van der Waals surface area contributed by atoms with Crippen LogP contribution in [0.15, 0.2) is 48.5 Å². The van der Waals surface area contributed by atoms with Crippen molar-refractivity contribution in [2.45, 2.75) is 58.7 Å². The number of nitriles is 1. The highest BCUT2D eigenvalue weighted by atomic mass is 32.2. The summed E-state index contributed by atoms with van der Waals surface area (Å²) in [4.78, 5) is 41.3. The first-order chi connectivity index (χ1) is 17.5. The van der Waals surface area contributed by atoms with E-state index in [9.17, 15) is 19.6 Å². The number of rotatable bonds is 10. The van der Waals surface area contributed by atoms with E-state index < -0.39 is 35.6 Å². The van der Waals surface area contributed by atoms with Crippen LogP contribution in [0.25, 0.3) is 0 Å². The smallest absolute Gasteiger partial charge is 0.408 e. The van der Waals surface area contributed by atoms with Crippen LogP contribution in [0.1, 0.15) is 49.9 Å². The minimum atomic E-state index is -1.09. The molecule has 37 heavy (non-hydrogen) atoms. The minimum Gasteiger partial charge on any atom is -0.444 e. The van der Waals surface area contributed by atoms with E-state index in [2.05, 4.69) is 10.6 Å². The topological polar surface area (TPSA) is 112 Å². The van der Waals surface area contributed by atoms with Crippen molar-refractivity contribution in [1.82, 2.24) is 10.2 Å². The monoisotopic (exact) mass is 524 g/mol. The number of hydrogen-bond acceptors (Lipinski definition) is 6. The van der Waals surface area contributed by atoms with Crippen LogP contribution < -0.4 is 10.6 Å². The summed E-state index contributed by atoms with van der Waals surface area (Å²) in [5.74, 6) is -0.411. The van der Waals surface area contributed by atoms with Gasteiger partial charge in [0, 0.05) is 5.69 Å². The quantitative estimate of drug-likeness (QED) is 0.424. The van der Waals surface area contributed by atoms with Gasteiger partial charge >= 0.3 is 6.09 Å². The molecule has 0 aliphatic rings. The zero-order valence-electron chi connectivity index (χ0n) is 22.3. The lowest BCUT2D eigenvalue weighted by atomic mass is 10.0. The van der Waals surface area contributed by atoms with Crippen LogP contribution in [-0.2, 0) is 14.3 Å². The van der Waals surface area contributed by atoms with Crippen molar-refractivity contribution in [1.29, 1.82) is 5.26 Å². The van der Waals surface area contributed by atoms with Gasteiger partial charge in [-0.1, -0.05) is 48.0 Å². The third-order valence-corrected chi connectivity index (χ3v) is 6.12. The highest BCUT2D eigenvalue weighted by Gasteiger charge is 2.36. The van der Waals surface area contributed by atoms with Gasteiger partial charge in [0.25, 0.3) is 5.91 Å². The Morgan fingerprint density at radius 1 is 1.08 bits per heavy atom. The maximum atomic E-state index is 13.9. The molecule has 3 amide bonds. The number of benzene rings is 2. The van der Waals surface area contributed by atoms with Crippen LogP contribution in [0.5, 0.6) is 0 Å². The van der Waals surface area contributed by atoms with E-state index >= 15 is 0 Å². The van der Waals surface area contributed by atoms with Crippen LogP contribution in [0.4, 0.5) is 10.5 Å². The van der Waals surface area contributed by atoms with Crippen molar-refractivity contribution in [3.63, 3.8) is 0 Å². The maximum Gasteiger partial charge on any atom is 0.408 e. The second-order valence-electron chi connectivity index (χ2n) is 9.72. The Hall–Kier alpha value is -3.51. The van der Waals surface area contributed by atoms with E-state index in [4.69, 9.17) is 4.74 Å². The first kappa shape index (κ1) is 29.7. The second kappa shape index (κ2) is 13.7. The SMILES string of the molecule is CSCCC(NC(=O)OC(C)(C)C)C(=O)N(CC#N)C(C(=O)Nc1ccccc1C)c1ccc(C)cc1. The van der Waals surface area contributed by atoms with Gasteiger partial charge < -0.3 is 20.3 Å². The van der Waals surface area contributed by atoms with E-state index in [0.717, 1.165) is 11.1 Å². The molecule has 2 atom stereocenters. The molecule has 0 fully saturated rings. The van der Waals surface area contributed by atoms with Crippen LogP contribution in [0.2, 0.25) is 0 Å². The molecule has 0 aliphatic heterocycles. The molecule has 0 saturated heterocycles. The zero-order chi connectivity index (χ0) is 27.6. The maximum absolute atomic E-state index is 13.9. The Labute approximate surface area is 223 Å². The molecular formula is C28H36N4O4S. The largest absolute Gasteiger partial charge is 0.444 e. The third kappa shape index (κ3) is 9.14. The van der Waals surface area contributed by atoms with Crippen LogP contribution in [-0.4, -0.2) is 53.0 Å². The van der Waals surface area contributed by atoms with Crippen LogP contribution in [0, 0.1) is 25.2 Å². The number of ether oxygens (including phenoxy) is 1. The van der Waals surface area contributed by atoms with Gasteiger partial charge in [-0.15, -0.1) is 0 Å². The normalized spacial score (nSPS) is 12.6. The molecule has 2 aromatic carbocycles. The summed E-state index contributed by atoms with van der Waals surface area (Å²) in [6.07, 6.45) is 1.47. The second-order valence-corrected chi connectivity index (χ2v) is 10.7. The van der Waals surface area contributed by atoms with Gasteiger partial charge in [0.15, 0.2) is 0 Å². The predicted molar refractivity (Wildman–Crippen MR) is 147 cm³/mol. The predicted octanol–water partition coefficient (Wildman–Crippen LogP) is 4.98. The molecule has 198 valence electrons. The molecule has 9 heteroatoms. The number of nitrogens with zero attached hydrogens (tertiary/aromatic N) is 2. The number of thioether (sulfide) groups is 1. The molecule has 0 bridgehead atoms. The molecule has 0 radical (unpaired) electrons. The van der Waals surface area contributed by atoms with Gasteiger partial charge in [0.05, 0.1) is 6.07 Å². The highest BCUT2D eigenvalue weighted by Crippen LogP contribution is 2.26. The molecule has 8 nitrogen and oxygen atoms in total. The van der Waals surface area contributed by atoms with Gasteiger partial charge in [-0.25, -0.2) is 4.79 Å². The van der Waals surface area contributed by atoms with Crippen molar-refractivity contribution >= 4 is 35.4 Å². The molecule has 2 N–H and O–H groups in total. The Bertz CT molecular complexity index is 1120. The summed E-state index contributed by atoms with van der Waals surface area (Å²) >= 11 is 1.52. The molecule has 2 rings (SSSR count). The first-order valence-corrected chi connectivity index (χ1v) is 13.4. The van der Waals surface area contributed by atoms with Gasteiger partial charge in [0.1, 0.15) is 24.2 Å². The molecular weight excluding hydrogens is 488 g/mol. The van der Waals surface area contributed by atoms with Gasteiger partial charge in [-0.3, -0.25) is 9.59 Å². The number of amides is 3. The van der Waals surface area contributed by atoms with Gasteiger partial charge in [-0.2, -0.15) is 17.0 Å². The van der Waals surface area contributed by atoms with E-state index in [1.54, 1.807) is 39.0 Å². The van der Waals surface area contributed by atoms with Crippen molar-refractivity contribution in [2.75, 3.05) is 23.9 Å². The molecule has 0 aromatic heterocycles. The number of carbonyl (C=O) groups is 3. The lowest BCUT2D eigenvalue weighted by Gasteiger charge is -2.33. The average Bonchev–Trinajstić information content (AvgIpc) is 2.82. The Morgan fingerprint density at radius 3 is 2.30 bits per heavy atom. The van der Waals surface area contributed by atoms with Crippen molar-refractivity contribution < 1.29 is 19.1 Å². The fourth-order valence-corrected chi connectivity index (χ4v) is 4.12. The van der Waals surface area contributed by atoms with E-state index in [1.165, 1.54) is 16.7 Å². The molecule has 2 aromatic rings. The fraction of sp³-hybridized carbons (Fsp3) is 0.429. The Morgan fingerprint density at radius 2 is 1.73 bits per heavy atom. The summed E-state index contributed by atoms with van der Waals surface area (Å²) in [5.41, 5.74) is 2.27. The number of para-hydroxylation sites is 1. The highest BCUT2D eigenvalue weighted by molar-refractivity contribution is 7.98. The summed E-state index contributed by atoms with van der Waals surface area (Å²) < 4.78 is 5.36. The first-order valence-electron chi connectivity index (χ1n) is 12.1. The van der Waals surface area contributed by atoms with Crippen molar-refractivity contribution in [2.24, 2.45) is 0 Å². The lowest BCUT2D eigenvalue weighted by Crippen LogP contribution is -2.52. The number of aryl methyl sites for hydroxylation is 2. The number of alkyl carbamates (subject to hydrolysis) is 1. The summed E-state index contributed by atoms with van der Waals surface area (Å²) in [5, 5.41) is 15.2. The molecule has 0 spiro atoms. The van der Waals surface area contributed by atoms with Gasteiger partial charge in [-0.05, 0) is 70.2 Å². The number of carbonyl (C=O) groups excluding carboxylic acids is 3. The summed E-state index contributed by atoms with van der Waals surface area (Å²) in [6.45, 7) is 8.65. The minimum absolute atomic E-state index is 0.307. The zero-order valence-corrected chi connectivity index (χ0v) is 23.1. The Balaban J connectivity index is 2.48. The molecule has 2 unspecified atom stereocenters. The standard InChI is InChI=1S/C28H36N4O4S/c1-19-11-13-21(14-12-19)24(25(33)30-22-10-8-7-9-20(22)2)32(17-16-29)26(34)23(15-18-37-6)31-27(35)36-28(3,4)5/h7-14,23-24H,15,17-18H2,1-6H3,(H,30,33)(H,31,35). The van der Waals surface area contributed by atoms with Crippen molar-refractivity contribution in [3.05, 3.63) is 65.2 Å². The van der Waals surface area contributed by atoms with E-state index in [1.807, 2.05) is 56.5 Å². The van der Waals surface area contributed by atoms with Crippen LogP contribution >= 0.6 is 11.8 Å². The molecule has 0 saturated carbocycles. The summed E-state index contributed by atoms with van der Waals surface area (Å²) in [6, 6.07) is 14.5. The molecule has 0 heterocycles. The van der Waals surface area contributed by atoms with Crippen LogP contribution in [0.3, 0.4) is 0 Å². The van der Waals surface area contributed by atoms with Crippen molar-refractivity contribution in [3.8, 4) is 6.07 Å². The summed E-state index contributed by atoms with van der Waals surface area (Å²) in [7, 11) is 0. The van der Waals surface area contributed by atoms with E-state index in [0.29, 0.717) is 23.4 Å². The number of hydrogen-bond donors (Lipinski definition) is 2. The number of anilines is 1. The lowest BCUT2D eigenvalue weighted by molar-refractivity contribution is -0.140. The molecule has 0 aliphatic carbocycles. The number of nitrogens with one attached hydrogen (secondary N) is 2. The van der Waals surface area contributed by atoms with Gasteiger partial charge in [0.2, 0.25) is 5.91 Å². The average molecular weight is 525 g/mol. The third-order valence-electron chi connectivity index (χ3n) is 5.48.